The highest BCUT2D eigenvalue weighted by molar-refractivity contribution is 9.10. The number of hydrogen-bond donors (Lipinski definition) is 2. The predicted molar refractivity (Wildman–Crippen MR) is 294 cm³/mol. The van der Waals surface area contributed by atoms with Crippen LogP contribution in [-0.4, -0.2) is 91.5 Å². The molecule has 9 rings (SSSR count). The molecular formula is C58H60BrF7N8O7. The van der Waals surface area contributed by atoms with Gasteiger partial charge in [0.25, 0.3) is 11.8 Å². The van der Waals surface area contributed by atoms with E-state index in [0.29, 0.717) is 43.8 Å². The first-order valence-corrected chi connectivity index (χ1v) is 26.8. The van der Waals surface area contributed by atoms with E-state index in [0.717, 1.165) is 52.7 Å². The largest absolute Gasteiger partial charge is 0.456 e. The topological polar surface area (TPSA) is 161 Å². The van der Waals surface area contributed by atoms with Crippen molar-refractivity contribution in [1.82, 2.24) is 29.4 Å². The summed E-state index contributed by atoms with van der Waals surface area (Å²) in [5.41, 5.74) is 3.91. The maximum Gasteiger partial charge on any atom is 0.414 e. The van der Waals surface area contributed by atoms with Gasteiger partial charge in [0.05, 0.1) is 54.2 Å². The fourth-order valence-electron chi connectivity index (χ4n) is 8.50. The summed E-state index contributed by atoms with van der Waals surface area (Å²) < 4.78 is 114. The van der Waals surface area contributed by atoms with Crippen LogP contribution in [0, 0.1) is 19.7 Å². The van der Waals surface area contributed by atoms with Gasteiger partial charge in [0.2, 0.25) is 0 Å². The number of halogens is 8. The number of nitrogens with zero attached hydrogens (tertiary/aromatic N) is 6. The number of aryl methyl sites for hydroxylation is 2. The Morgan fingerprint density at radius 1 is 0.617 bits per heavy atom. The number of alkyl halides is 6. The highest BCUT2D eigenvalue weighted by Crippen LogP contribution is 2.37. The average Bonchev–Trinajstić information content (AvgIpc) is 4.07. The number of aromatic nitrogens is 4. The van der Waals surface area contributed by atoms with E-state index in [1.54, 1.807) is 112 Å². The first-order valence-electron chi connectivity index (χ1n) is 26.0. The number of nitrogens with one attached hydrogen (secondary N) is 2. The van der Waals surface area contributed by atoms with Gasteiger partial charge in [0.1, 0.15) is 28.5 Å². The van der Waals surface area contributed by atoms with Gasteiger partial charge in [-0.05, 0) is 151 Å². The molecule has 2 saturated carbocycles. The van der Waals surface area contributed by atoms with Crippen LogP contribution < -0.4 is 25.2 Å². The maximum absolute atomic E-state index is 13.9. The molecule has 7 aromatic rings. The molecule has 430 valence electrons. The van der Waals surface area contributed by atoms with Crippen molar-refractivity contribution in [2.45, 2.75) is 130 Å². The second kappa shape index (κ2) is 23.4. The van der Waals surface area contributed by atoms with E-state index in [9.17, 15) is 49.9 Å². The summed E-state index contributed by atoms with van der Waals surface area (Å²) in [5.74, 6) is -0.588. The standard InChI is InChI=1S/C32H32F4N4O4.C26H28BrF3N4O3/c1-19-14-20(8-11-25(19)29(41)38-22-9-10-22)27-17-37-28-26(39(13-12-32(34,35)36)30(42)44-31(2,3)4)16-24(18-40(27)28)43-23-7-5-6-21(33)15-23;1-15-11-16(5-8-19(15)23(35)32-18-6-7-18)21-13-31-22-20(12-17(27)14-34(21)22)33(10-9-26(28,29)30)24(36)37-25(2,3)4/h5-8,11,14-18,22H,9-10,12-13H2,1-4H3,(H,38,41);5,8,11-14,18H,6-7,9-10H2,1-4H3,(H,32,35). The average molecular weight is 1190 g/mol. The van der Waals surface area contributed by atoms with Crippen LogP contribution in [0.2, 0.25) is 0 Å². The normalized spacial score (nSPS) is 13.8. The molecule has 0 atom stereocenters. The molecule has 0 aliphatic heterocycles. The fourth-order valence-corrected chi connectivity index (χ4v) is 8.92. The monoisotopic (exact) mass is 1190 g/mol. The summed E-state index contributed by atoms with van der Waals surface area (Å²) in [6, 6.07) is 19.4. The number of rotatable bonds is 14. The first-order chi connectivity index (χ1) is 37.9. The van der Waals surface area contributed by atoms with Gasteiger partial charge in [-0.25, -0.2) is 23.9 Å². The Kier molecular flexibility index (Phi) is 17.2. The number of pyridine rings is 2. The molecule has 15 nitrogen and oxygen atoms in total. The lowest BCUT2D eigenvalue weighted by Gasteiger charge is -2.28. The van der Waals surface area contributed by atoms with Crippen molar-refractivity contribution in [3.05, 3.63) is 130 Å². The minimum absolute atomic E-state index is 0.000747. The predicted octanol–water partition coefficient (Wildman–Crippen LogP) is 14.5. The van der Waals surface area contributed by atoms with Crippen LogP contribution in [-0.2, 0) is 9.47 Å². The van der Waals surface area contributed by atoms with Crippen LogP contribution in [0.25, 0.3) is 33.8 Å². The lowest BCUT2D eigenvalue weighted by atomic mass is 10.0. The molecule has 2 fully saturated rings. The number of carbonyl (C=O) groups is 4. The Bertz CT molecular complexity index is 3500. The van der Waals surface area contributed by atoms with Crippen molar-refractivity contribution in [3.63, 3.8) is 0 Å². The Labute approximate surface area is 470 Å². The minimum atomic E-state index is -4.56. The SMILES string of the molecule is Cc1cc(-c2cnc3c(N(CCC(F)(F)F)C(=O)OC(C)(C)C)cc(Br)cn23)ccc1C(=O)NC1CC1.Cc1cc(-c2cnc3c(N(CCC(F)(F)F)C(=O)OC(C)(C)C)cc(Oc4cccc(F)c4)cn23)ccc1C(=O)NC1CC1. The van der Waals surface area contributed by atoms with Crippen LogP contribution in [0.15, 0.2) is 102 Å². The fraction of sp³-hybridized carbons (Fsp3) is 0.379. The van der Waals surface area contributed by atoms with Crippen molar-refractivity contribution in [3.8, 4) is 34.0 Å². The molecule has 0 spiro atoms. The number of anilines is 2. The lowest BCUT2D eigenvalue weighted by molar-refractivity contribution is -0.133. The van der Waals surface area contributed by atoms with Crippen LogP contribution in [0.5, 0.6) is 11.5 Å². The Morgan fingerprint density at radius 3 is 1.47 bits per heavy atom. The smallest absolute Gasteiger partial charge is 0.414 e. The van der Waals surface area contributed by atoms with Crippen LogP contribution in [0.3, 0.4) is 0 Å². The molecular weight excluding hydrogens is 1130 g/mol. The molecule has 2 aliphatic rings. The molecule has 0 unspecified atom stereocenters. The Hall–Kier alpha value is -7.69. The molecule has 0 saturated heterocycles. The van der Waals surface area contributed by atoms with E-state index in [-0.39, 0.29) is 52.4 Å². The van der Waals surface area contributed by atoms with Crippen LogP contribution in [0.4, 0.5) is 51.7 Å². The maximum atomic E-state index is 13.9. The number of hydrogen-bond acceptors (Lipinski definition) is 9. The number of imidazole rings is 2. The third-order valence-electron chi connectivity index (χ3n) is 12.6. The van der Waals surface area contributed by atoms with Gasteiger partial charge >= 0.3 is 24.5 Å². The Balaban J connectivity index is 0.000000216. The van der Waals surface area contributed by atoms with Crippen LogP contribution in [0.1, 0.15) is 112 Å². The highest BCUT2D eigenvalue weighted by atomic mass is 79.9. The number of amides is 4. The van der Waals surface area contributed by atoms with E-state index in [4.69, 9.17) is 14.2 Å². The van der Waals surface area contributed by atoms with E-state index in [1.165, 1.54) is 30.5 Å². The second-order valence-electron chi connectivity index (χ2n) is 21.9. The third-order valence-corrected chi connectivity index (χ3v) is 13.0. The first kappa shape index (κ1) is 59.4. The molecule has 4 heterocycles. The van der Waals surface area contributed by atoms with Crippen molar-refractivity contribution in [1.29, 1.82) is 0 Å². The van der Waals surface area contributed by atoms with E-state index in [2.05, 4.69) is 36.5 Å². The van der Waals surface area contributed by atoms with E-state index in [1.807, 2.05) is 13.0 Å². The van der Waals surface area contributed by atoms with Gasteiger partial charge in [-0.15, -0.1) is 0 Å². The second-order valence-corrected chi connectivity index (χ2v) is 22.8. The molecule has 0 bridgehead atoms. The number of ether oxygens (including phenoxy) is 3. The summed E-state index contributed by atoms with van der Waals surface area (Å²) in [4.78, 5) is 62.3. The summed E-state index contributed by atoms with van der Waals surface area (Å²) in [6.07, 6.45) is -3.17. The van der Waals surface area contributed by atoms with Gasteiger partial charge in [-0.2, -0.15) is 26.3 Å². The summed E-state index contributed by atoms with van der Waals surface area (Å²) in [6.45, 7) is 12.0. The number of fused-ring (bicyclic) bond motifs is 2. The van der Waals surface area contributed by atoms with Crippen molar-refractivity contribution >= 4 is 62.6 Å². The zero-order valence-corrected chi connectivity index (χ0v) is 47.2. The van der Waals surface area contributed by atoms with Gasteiger partial charge in [0.15, 0.2) is 11.3 Å². The summed E-state index contributed by atoms with van der Waals surface area (Å²) in [5, 5.41) is 5.95. The molecule has 2 N–H and O–H groups in total. The van der Waals surface area contributed by atoms with Gasteiger partial charge in [-0.1, -0.05) is 18.2 Å². The third kappa shape index (κ3) is 15.8. The zero-order chi connectivity index (χ0) is 58.9. The van der Waals surface area contributed by atoms with Crippen LogP contribution >= 0.6 is 15.9 Å². The van der Waals surface area contributed by atoms with Gasteiger partial charge in [0, 0.05) is 70.2 Å². The molecule has 4 aromatic heterocycles. The summed E-state index contributed by atoms with van der Waals surface area (Å²) in [7, 11) is 0. The quantitative estimate of drug-likeness (QED) is 0.101. The number of carbonyl (C=O) groups excluding carboxylic acids is 4. The molecule has 81 heavy (non-hydrogen) atoms. The molecule has 3 aromatic carbocycles. The molecule has 23 heteroatoms. The number of benzene rings is 3. The zero-order valence-electron chi connectivity index (χ0n) is 45.6. The van der Waals surface area contributed by atoms with E-state index >= 15 is 0 Å². The lowest BCUT2D eigenvalue weighted by Crippen LogP contribution is -2.39. The Morgan fingerprint density at radius 2 is 1.06 bits per heavy atom. The molecule has 2 aliphatic carbocycles. The van der Waals surface area contributed by atoms with Crippen molar-refractivity contribution in [2.24, 2.45) is 0 Å². The molecule has 4 amide bonds. The van der Waals surface area contributed by atoms with Crippen molar-refractivity contribution in [2.75, 3.05) is 22.9 Å². The highest BCUT2D eigenvalue weighted by Gasteiger charge is 2.35. The van der Waals surface area contributed by atoms with Gasteiger partial charge < -0.3 is 24.8 Å². The summed E-state index contributed by atoms with van der Waals surface area (Å²) >= 11 is 3.42. The minimum Gasteiger partial charge on any atom is -0.456 e. The van der Waals surface area contributed by atoms with Gasteiger partial charge in [-0.3, -0.25) is 28.2 Å². The molecule has 0 radical (unpaired) electrons. The van der Waals surface area contributed by atoms with E-state index < -0.39 is 67.5 Å². The van der Waals surface area contributed by atoms with Crippen molar-refractivity contribution < 1.29 is 64.1 Å².